The Bertz CT molecular complexity index is 348. The van der Waals surface area contributed by atoms with Gasteiger partial charge in [-0.15, -0.1) is 0 Å². The van der Waals surface area contributed by atoms with Crippen LogP contribution in [0.4, 0.5) is 17.6 Å². The minimum atomic E-state index is -4.71. The first-order valence-electron chi connectivity index (χ1n) is 4.19. The van der Waals surface area contributed by atoms with Crippen molar-refractivity contribution in [1.82, 2.24) is 0 Å². The van der Waals surface area contributed by atoms with Crippen LogP contribution >= 0.6 is 0 Å². The lowest BCUT2D eigenvalue weighted by atomic mass is 10.0. The van der Waals surface area contributed by atoms with Gasteiger partial charge in [-0.05, 0) is 6.07 Å². The number of hydrogen-bond donors (Lipinski definition) is 2. The molecule has 0 heterocycles. The molecule has 0 aliphatic heterocycles. The molecule has 0 aliphatic carbocycles. The lowest BCUT2D eigenvalue weighted by molar-refractivity contribution is -0.140. The summed E-state index contributed by atoms with van der Waals surface area (Å²) in [5.74, 6) is -1.34. The Hall–Kier alpha value is -1.14. The highest BCUT2D eigenvalue weighted by molar-refractivity contribution is 5.30. The zero-order chi connectivity index (χ0) is 11.6. The molecule has 2 nitrogen and oxygen atoms in total. The Labute approximate surface area is 83.9 Å². The Morgan fingerprint density at radius 2 is 1.87 bits per heavy atom. The van der Waals surface area contributed by atoms with Crippen LogP contribution in [-0.2, 0) is 6.18 Å². The van der Waals surface area contributed by atoms with Crippen molar-refractivity contribution in [1.29, 1.82) is 0 Å². The summed E-state index contributed by atoms with van der Waals surface area (Å²) in [6, 6.07) is 2.05. The van der Waals surface area contributed by atoms with Crippen molar-refractivity contribution in [3.05, 3.63) is 35.1 Å². The summed E-state index contributed by atoms with van der Waals surface area (Å²) >= 11 is 0. The number of hydrogen-bond acceptors (Lipinski definition) is 2. The fraction of sp³-hybridized carbons (Fsp3) is 0.333. The zero-order valence-corrected chi connectivity index (χ0v) is 7.68. The number of benzene rings is 1. The van der Waals surface area contributed by atoms with Gasteiger partial charge in [0.25, 0.3) is 0 Å². The van der Waals surface area contributed by atoms with Crippen molar-refractivity contribution < 1.29 is 17.6 Å². The van der Waals surface area contributed by atoms with Crippen LogP contribution in [0, 0.1) is 5.82 Å². The van der Waals surface area contributed by atoms with Crippen molar-refractivity contribution in [3.63, 3.8) is 0 Å². The number of alkyl halides is 3. The fourth-order valence-corrected chi connectivity index (χ4v) is 1.18. The predicted molar refractivity (Wildman–Crippen MR) is 47.4 cm³/mol. The van der Waals surface area contributed by atoms with E-state index in [-0.39, 0.29) is 12.1 Å². The van der Waals surface area contributed by atoms with Gasteiger partial charge in [-0.2, -0.15) is 13.2 Å². The minimum Gasteiger partial charge on any atom is -0.329 e. The summed E-state index contributed by atoms with van der Waals surface area (Å²) in [5.41, 5.74) is 9.00. The van der Waals surface area contributed by atoms with Crippen molar-refractivity contribution in [2.75, 3.05) is 6.54 Å². The van der Waals surface area contributed by atoms with Crippen molar-refractivity contribution in [2.24, 2.45) is 11.5 Å². The van der Waals surface area contributed by atoms with Gasteiger partial charge in [0.15, 0.2) is 0 Å². The molecule has 15 heavy (non-hydrogen) atoms. The molecular formula is C9H10F4N2. The Kier molecular flexibility index (Phi) is 3.31. The predicted octanol–water partition coefficient (Wildman–Crippen LogP) is 1.80. The van der Waals surface area contributed by atoms with Gasteiger partial charge in [0.2, 0.25) is 0 Å². The molecule has 1 atom stereocenters. The van der Waals surface area contributed by atoms with E-state index in [1.54, 1.807) is 0 Å². The van der Waals surface area contributed by atoms with Gasteiger partial charge < -0.3 is 11.5 Å². The monoisotopic (exact) mass is 222 g/mol. The third-order valence-corrected chi connectivity index (χ3v) is 1.99. The normalized spacial score (nSPS) is 14.0. The highest BCUT2D eigenvalue weighted by Crippen LogP contribution is 2.33. The van der Waals surface area contributed by atoms with E-state index in [4.69, 9.17) is 11.5 Å². The average Bonchev–Trinajstić information content (AvgIpc) is 2.15. The molecule has 0 radical (unpaired) electrons. The largest absolute Gasteiger partial charge is 0.419 e. The number of nitrogens with two attached hydrogens (primary N) is 2. The summed E-state index contributed by atoms with van der Waals surface area (Å²) < 4.78 is 50.2. The first-order valence-corrected chi connectivity index (χ1v) is 4.19. The van der Waals surface area contributed by atoms with Gasteiger partial charge in [0.05, 0.1) is 5.56 Å². The third-order valence-electron chi connectivity index (χ3n) is 1.99. The van der Waals surface area contributed by atoms with Crippen molar-refractivity contribution in [2.45, 2.75) is 12.2 Å². The van der Waals surface area contributed by atoms with Crippen LogP contribution in [0.3, 0.4) is 0 Å². The maximum Gasteiger partial charge on any atom is 0.419 e. The van der Waals surface area contributed by atoms with E-state index >= 15 is 0 Å². The number of rotatable bonds is 2. The second-order valence-corrected chi connectivity index (χ2v) is 3.05. The lowest BCUT2D eigenvalue weighted by Crippen LogP contribution is -2.23. The summed E-state index contributed by atoms with van der Waals surface area (Å²) in [6.45, 7) is -0.113. The molecule has 0 spiro atoms. The van der Waals surface area contributed by atoms with E-state index in [0.29, 0.717) is 6.07 Å². The quantitative estimate of drug-likeness (QED) is 0.749. The van der Waals surface area contributed by atoms with E-state index in [0.717, 1.165) is 6.07 Å². The van der Waals surface area contributed by atoms with Gasteiger partial charge >= 0.3 is 6.18 Å². The second kappa shape index (κ2) is 4.16. The molecule has 0 saturated heterocycles. The van der Waals surface area contributed by atoms with Gasteiger partial charge in [0, 0.05) is 18.2 Å². The molecule has 84 valence electrons. The molecule has 1 unspecified atom stereocenters. The molecule has 0 amide bonds. The van der Waals surface area contributed by atoms with E-state index in [1.165, 1.54) is 6.07 Å². The molecular weight excluding hydrogens is 212 g/mol. The summed E-state index contributed by atoms with van der Waals surface area (Å²) in [5, 5.41) is 0. The van der Waals surface area contributed by atoms with Crippen LogP contribution in [-0.4, -0.2) is 6.54 Å². The van der Waals surface area contributed by atoms with Gasteiger partial charge in [0.1, 0.15) is 5.82 Å². The Morgan fingerprint density at radius 1 is 1.27 bits per heavy atom. The molecule has 0 fully saturated rings. The Balaban J connectivity index is 3.23. The zero-order valence-electron chi connectivity index (χ0n) is 7.68. The molecule has 0 aromatic heterocycles. The standard InChI is InChI=1S/C9H10F4N2/c10-8-5(7(15)4-14)2-1-3-6(8)9(11,12)13/h1-3,7H,4,14-15H2. The van der Waals surface area contributed by atoms with E-state index in [2.05, 4.69) is 0 Å². The molecule has 1 aromatic carbocycles. The van der Waals surface area contributed by atoms with E-state index in [9.17, 15) is 17.6 Å². The summed E-state index contributed by atoms with van der Waals surface area (Å²) in [4.78, 5) is 0. The van der Waals surface area contributed by atoms with Crippen molar-refractivity contribution >= 4 is 0 Å². The van der Waals surface area contributed by atoms with Gasteiger partial charge in [-0.1, -0.05) is 12.1 Å². The summed E-state index contributed by atoms with van der Waals surface area (Å²) in [7, 11) is 0. The first kappa shape index (κ1) is 11.9. The Morgan fingerprint density at radius 3 is 2.33 bits per heavy atom. The molecule has 0 saturated carbocycles. The SMILES string of the molecule is NCC(N)c1cccc(C(F)(F)F)c1F. The molecule has 6 heteroatoms. The highest BCUT2D eigenvalue weighted by atomic mass is 19.4. The molecule has 0 bridgehead atoms. The second-order valence-electron chi connectivity index (χ2n) is 3.05. The van der Waals surface area contributed by atoms with Crippen LogP contribution in [0.2, 0.25) is 0 Å². The highest BCUT2D eigenvalue weighted by Gasteiger charge is 2.35. The first-order chi connectivity index (χ1) is 6.88. The van der Waals surface area contributed by atoms with Crippen molar-refractivity contribution in [3.8, 4) is 0 Å². The fourth-order valence-electron chi connectivity index (χ4n) is 1.18. The lowest BCUT2D eigenvalue weighted by Gasteiger charge is -2.14. The van der Waals surface area contributed by atoms with E-state index in [1.807, 2.05) is 0 Å². The molecule has 0 aliphatic rings. The number of halogens is 4. The summed E-state index contributed by atoms with van der Waals surface area (Å²) in [6.07, 6.45) is -4.71. The van der Waals surface area contributed by atoms with Crippen LogP contribution in [0.25, 0.3) is 0 Å². The average molecular weight is 222 g/mol. The van der Waals surface area contributed by atoms with Gasteiger partial charge in [-0.3, -0.25) is 0 Å². The van der Waals surface area contributed by atoms with Crippen LogP contribution < -0.4 is 11.5 Å². The molecule has 1 aromatic rings. The van der Waals surface area contributed by atoms with E-state index < -0.39 is 23.6 Å². The third kappa shape index (κ3) is 2.45. The maximum atomic E-state index is 13.4. The van der Waals surface area contributed by atoms with Crippen LogP contribution in [0.1, 0.15) is 17.2 Å². The van der Waals surface area contributed by atoms with Crippen LogP contribution in [0.5, 0.6) is 0 Å². The smallest absolute Gasteiger partial charge is 0.329 e. The molecule has 4 N–H and O–H groups in total. The van der Waals surface area contributed by atoms with Gasteiger partial charge in [-0.25, -0.2) is 4.39 Å². The maximum absolute atomic E-state index is 13.4. The minimum absolute atomic E-state index is 0.113. The molecule has 1 rings (SSSR count). The topological polar surface area (TPSA) is 52.0 Å². The van der Waals surface area contributed by atoms with Crippen LogP contribution in [0.15, 0.2) is 18.2 Å².